The maximum absolute atomic E-state index is 14.2. The summed E-state index contributed by atoms with van der Waals surface area (Å²) in [4.78, 5) is 12.1. The average molecular weight is 298 g/mol. The van der Waals surface area contributed by atoms with E-state index in [1.54, 1.807) is 13.0 Å². The third kappa shape index (κ3) is 3.73. The highest BCUT2D eigenvalue weighted by Gasteiger charge is 2.42. The number of carbonyl (C=O) groups is 1. The number of rotatable bonds is 7. The van der Waals surface area contributed by atoms with E-state index >= 15 is 0 Å². The van der Waals surface area contributed by atoms with Gasteiger partial charge in [0.05, 0.1) is 25.2 Å². The molecule has 0 aliphatic carbocycles. The largest absolute Gasteiger partial charge is 0.496 e. The van der Waals surface area contributed by atoms with Crippen molar-refractivity contribution < 1.29 is 23.8 Å². The quantitative estimate of drug-likeness (QED) is 0.786. The number of hydrogen-bond donors (Lipinski definition) is 1. The van der Waals surface area contributed by atoms with Gasteiger partial charge in [0.2, 0.25) is 0 Å². The first-order chi connectivity index (χ1) is 9.89. The summed E-state index contributed by atoms with van der Waals surface area (Å²) in [6, 6.07) is 4.29. The molecule has 2 atom stereocenters. The molecule has 2 unspecified atom stereocenters. The van der Waals surface area contributed by atoms with Crippen LogP contribution in [0.5, 0.6) is 5.75 Å². The van der Waals surface area contributed by atoms with Gasteiger partial charge in [-0.2, -0.15) is 0 Å². The van der Waals surface area contributed by atoms with Gasteiger partial charge < -0.3 is 14.6 Å². The molecular formula is C16H23FO4. The van der Waals surface area contributed by atoms with Gasteiger partial charge in [-0.15, -0.1) is 0 Å². The third-order valence-corrected chi connectivity index (χ3v) is 3.53. The lowest BCUT2D eigenvalue weighted by Gasteiger charge is -2.32. The highest BCUT2D eigenvalue weighted by molar-refractivity contribution is 5.74. The molecule has 0 heterocycles. The number of halogens is 1. The Hall–Kier alpha value is -1.62. The van der Waals surface area contributed by atoms with Crippen LogP contribution in [0.25, 0.3) is 0 Å². The van der Waals surface area contributed by atoms with Crippen molar-refractivity contribution in [3.05, 3.63) is 29.6 Å². The van der Waals surface area contributed by atoms with Crippen LogP contribution in [0.3, 0.4) is 0 Å². The van der Waals surface area contributed by atoms with E-state index in [0.29, 0.717) is 12.8 Å². The lowest BCUT2D eigenvalue weighted by atomic mass is 9.79. The molecule has 0 amide bonds. The molecular weight excluding hydrogens is 275 g/mol. The van der Waals surface area contributed by atoms with Crippen LogP contribution >= 0.6 is 0 Å². The molecule has 0 aliphatic heterocycles. The van der Waals surface area contributed by atoms with Crippen molar-refractivity contribution in [1.29, 1.82) is 0 Å². The Morgan fingerprint density at radius 3 is 2.62 bits per heavy atom. The Balaban J connectivity index is 3.31. The SMILES string of the molecule is CCCC(C(=O)OCC)C(C)(O)c1c(F)cccc1OC. The van der Waals surface area contributed by atoms with Crippen LogP contribution in [0.4, 0.5) is 4.39 Å². The van der Waals surface area contributed by atoms with Gasteiger partial charge in [0.25, 0.3) is 0 Å². The van der Waals surface area contributed by atoms with Gasteiger partial charge in [0.1, 0.15) is 17.2 Å². The lowest BCUT2D eigenvalue weighted by molar-refractivity contribution is -0.159. The Morgan fingerprint density at radius 1 is 1.43 bits per heavy atom. The molecule has 118 valence electrons. The molecule has 1 N–H and O–H groups in total. The van der Waals surface area contributed by atoms with Crippen molar-refractivity contribution in [2.24, 2.45) is 5.92 Å². The van der Waals surface area contributed by atoms with Gasteiger partial charge in [-0.25, -0.2) is 4.39 Å². The standard InChI is InChI=1S/C16H23FO4/c1-5-8-11(15(18)21-6-2)16(3,19)14-12(17)9-7-10-13(14)20-4/h7,9-11,19H,5-6,8H2,1-4H3. The molecule has 0 saturated carbocycles. The maximum atomic E-state index is 14.2. The number of aliphatic hydroxyl groups is 1. The van der Waals surface area contributed by atoms with Crippen LogP contribution in [-0.4, -0.2) is 24.8 Å². The van der Waals surface area contributed by atoms with E-state index in [4.69, 9.17) is 9.47 Å². The summed E-state index contributed by atoms with van der Waals surface area (Å²) in [5, 5.41) is 10.8. The molecule has 5 heteroatoms. The van der Waals surface area contributed by atoms with Crippen LogP contribution in [0.15, 0.2) is 18.2 Å². The number of benzene rings is 1. The van der Waals surface area contributed by atoms with Gasteiger partial charge in [-0.3, -0.25) is 4.79 Å². The third-order valence-electron chi connectivity index (χ3n) is 3.53. The fraction of sp³-hybridized carbons (Fsp3) is 0.562. The van der Waals surface area contributed by atoms with Crippen molar-refractivity contribution in [3.63, 3.8) is 0 Å². The summed E-state index contributed by atoms with van der Waals surface area (Å²) >= 11 is 0. The summed E-state index contributed by atoms with van der Waals surface area (Å²) in [6.45, 7) is 5.22. The summed E-state index contributed by atoms with van der Waals surface area (Å²) in [6.07, 6.45) is 1.06. The molecule has 0 saturated heterocycles. The number of hydrogen-bond acceptors (Lipinski definition) is 4. The van der Waals surface area contributed by atoms with Crippen molar-refractivity contribution >= 4 is 5.97 Å². The van der Waals surface area contributed by atoms with E-state index in [0.717, 1.165) is 0 Å². The molecule has 0 bridgehead atoms. The molecule has 0 fully saturated rings. The highest BCUT2D eigenvalue weighted by atomic mass is 19.1. The van der Waals surface area contributed by atoms with Gasteiger partial charge in [-0.1, -0.05) is 19.4 Å². The number of carbonyl (C=O) groups excluding carboxylic acids is 1. The van der Waals surface area contributed by atoms with Crippen molar-refractivity contribution in [1.82, 2.24) is 0 Å². The first kappa shape index (κ1) is 17.4. The number of esters is 1. The monoisotopic (exact) mass is 298 g/mol. The van der Waals surface area contributed by atoms with Crippen LogP contribution in [0.1, 0.15) is 39.2 Å². The zero-order valence-electron chi connectivity index (χ0n) is 13.0. The molecule has 21 heavy (non-hydrogen) atoms. The topological polar surface area (TPSA) is 55.8 Å². The molecule has 1 aromatic carbocycles. The zero-order chi connectivity index (χ0) is 16.0. The maximum Gasteiger partial charge on any atom is 0.312 e. The average Bonchev–Trinajstić information content (AvgIpc) is 2.43. The first-order valence-corrected chi connectivity index (χ1v) is 7.12. The Labute approximate surface area is 124 Å². The van der Waals surface area contributed by atoms with E-state index < -0.39 is 23.3 Å². The van der Waals surface area contributed by atoms with Gasteiger partial charge in [0.15, 0.2) is 0 Å². The Bertz CT molecular complexity index is 485. The highest BCUT2D eigenvalue weighted by Crippen LogP contribution is 2.39. The van der Waals surface area contributed by atoms with Crippen molar-refractivity contribution in [2.75, 3.05) is 13.7 Å². The molecule has 1 rings (SSSR count). The van der Waals surface area contributed by atoms with Crippen molar-refractivity contribution in [2.45, 2.75) is 39.2 Å². The Morgan fingerprint density at radius 2 is 2.10 bits per heavy atom. The molecule has 4 nitrogen and oxygen atoms in total. The molecule has 1 aromatic rings. The fourth-order valence-corrected chi connectivity index (χ4v) is 2.50. The lowest BCUT2D eigenvalue weighted by Crippen LogP contribution is -2.39. The van der Waals surface area contributed by atoms with E-state index in [2.05, 4.69) is 0 Å². The summed E-state index contributed by atoms with van der Waals surface area (Å²) in [5.74, 6) is -1.78. The van der Waals surface area contributed by atoms with E-state index in [-0.39, 0.29) is 17.9 Å². The minimum absolute atomic E-state index is 0.0148. The molecule has 0 spiro atoms. The predicted molar refractivity (Wildman–Crippen MR) is 77.6 cm³/mol. The summed E-state index contributed by atoms with van der Waals surface area (Å²) < 4.78 is 24.3. The van der Waals surface area contributed by atoms with Crippen LogP contribution in [-0.2, 0) is 15.1 Å². The number of methoxy groups -OCH3 is 1. The fourth-order valence-electron chi connectivity index (χ4n) is 2.50. The van der Waals surface area contributed by atoms with Crippen molar-refractivity contribution in [3.8, 4) is 5.75 Å². The van der Waals surface area contributed by atoms with Gasteiger partial charge >= 0.3 is 5.97 Å². The molecule has 0 aliphatic rings. The smallest absolute Gasteiger partial charge is 0.312 e. The van der Waals surface area contributed by atoms with E-state index in [1.807, 2.05) is 6.92 Å². The Kier molecular flexibility index (Phi) is 6.15. The molecule has 0 aromatic heterocycles. The summed E-state index contributed by atoms with van der Waals surface area (Å²) in [7, 11) is 1.40. The zero-order valence-corrected chi connectivity index (χ0v) is 13.0. The second kappa shape index (κ2) is 7.41. The first-order valence-electron chi connectivity index (χ1n) is 7.12. The second-order valence-electron chi connectivity index (χ2n) is 5.06. The van der Waals surface area contributed by atoms with Gasteiger partial charge in [0, 0.05) is 0 Å². The molecule has 0 radical (unpaired) electrons. The van der Waals surface area contributed by atoms with Gasteiger partial charge in [-0.05, 0) is 32.4 Å². The predicted octanol–water partition coefficient (Wildman–Crippen LogP) is 3.02. The van der Waals surface area contributed by atoms with Crippen LogP contribution < -0.4 is 4.74 Å². The van der Waals surface area contributed by atoms with Crippen LogP contribution in [0.2, 0.25) is 0 Å². The van der Waals surface area contributed by atoms with Crippen LogP contribution in [0, 0.1) is 11.7 Å². The minimum Gasteiger partial charge on any atom is -0.496 e. The van der Waals surface area contributed by atoms with E-state index in [1.165, 1.54) is 26.2 Å². The van der Waals surface area contributed by atoms with E-state index in [9.17, 15) is 14.3 Å². The number of ether oxygens (including phenoxy) is 2. The second-order valence-corrected chi connectivity index (χ2v) is 5.06. The normalized spacial score (nSPS) is 15.1. The minimum atomic E-state index is -1.71. The summed E-state index contributed by atoms with van der Waals surface area (Å²) in [5.41, 5.74) is -1.72.